The Bertz CT molecular complexity index is 482. The third kappa shape index (κ3) is 2.58. The van der Waals surface area contributed by atoms with Crippen molar-refractivity contribution in [1.29, 1.82) is 0 Å². The summed E-state index contributed by atoms with van der Waals surface area (Å²) in [6, 6.07) is 12.4. The van der Waals surface area contributed by atoms with E-state index in [1.165, 1.54) is 10.8 Å². The summed E-state index contributed by atoms with van der Waals surface area (Å²) in [6.45, 7) is 0.738. The van der Waals surface area contributed by atoms with Crippen LogP contribution >= 0.6 is 31.9 Å². The first-order valence-corrected chi connectivity index (χ1v) is 7.10. The Labute approximate surface area is 112 Å². The standard InChI is InChI=1S/C13H12Br2O/c14-8-3-9-16-12-7-6-10-4-1-2-5-11(10)13(12)15/h1-2,4-7H,3,8-9H2. The fourth-order valence-electron chi connectivity index (χ4n) is 1.56. The van der Waals surface area contributed by atoms with Crippen LogP contribution < -0.4 is 4.74 Å². The number of fused-ring (bicyclic) bond motifs is 1. The second kappa shape index (κ2) is 5.69. The molecular formula is C13H12Br2O. The van der Waals surface area contributed by atoms with Crippen LogP contribution in [0.2, 0.25) is 0 Å². The van der Waals surface area contributed by atoms with Gasteiger partial charge < -0.3 is 4.74 Å². The molecule has 0 heterocycles. The van der Waals surface area contributed by atoms with Crippen LogP contribution in [0.1, 0.15) is 6.42 Å². The number of halogens is 2. The first-order chi connectivity index (χ1) is 7.83. The summed E-state index contributed by atoms with van der Waals surface area (Å²) in [5.41, 5.74) is 0. The van der Waals surface area contributed by atoms with Gasteiger partial charge in [0.25, 0.3) is 0 Å². The summed E-state index contributed by atoms with van der Waals surface area (Å²) in [5, 5.41) is 3.39. The van der Waals surface area contributed by atoms with Crippen LogP contribution in [0.5, 0.6) is 5.75 Å². The van der Waals surface area contributed by atoms with Crippen molar-refractivity contribution < 1.29 is 4.74 Å². The van der Waals surface area contributed by atoms with Crippen molar-refractivity contribution >= 4 is 42.6 Å². The fraction of sp³-hybridized carbons (Fsp3) is 0.231. The third-order valence-corrected chi connectivity index (χ3v) is 3.74. The molecule has 0 aromatic heterocycles. The minimum atomic E-state index is 0.738. The Kier molecular flexibility index (Phi) is 4.24. The van der Waals surface area contributed by atoms with Gasteiger partial charge in [-0.05, 0) is 39.2 Å². The Morgan fingerprint density at radius 1 is 1.06 bits per heavy atom. The molecule has 0 aliphatic rings. The highest BCUT2D eigenvalue weighted by Crippen LogP contribution is 2.32. The lowest BCUT2D eigenvalue weighted by Crippen LogP contribution is -1.98. The first kappa shape index (κ1) is 11.9. The predicted octanol–water partition coefficient (Wildman–Crippen LogP) is 4.77. The molecule has 0 amide bonds. The van der Waals surface area contributed by atoms with E-state index in [9.17, 15) is 0 Å². The van der Waals surface area contributed by atoms with Crippen LogP contribution in [-0.4, -0.2) is 11.9 Å². The summed E-state index contributed by atoms with van der Waals surface area (Å²) >= 11 is 6.99. The lowest BCUT2D eigenvalue weighted by molar-refractivity contribution is 0.317. The van der Waals surface area contributed by atoms with E-state index in [-0.39, 0.29) is 0 Å². The molecule has 0 saturated carbocycles. The molecule has 0 saturated heterocycles. The second-order valence-corrected chi connectivity index (χ2v) is 5.08. The van der Waals surface area contributed by atoms with E-state index in [2.05, 4.69) is 50.1 Å². The van der Waals surface area contributed by atoms with Crippen molar-refractivity contribution in [1.82, 2.24) is 0 Å². The number of hydrogen-bond acceptors (Lipinski definition) is 1. The summed E-state index contributed by atoms with van der Waals surface area (Å²) in [7, 11) is 0. The van der Waals surface area contributed by atoms with Crippen LogP contribution in [0, 0.1) is 0 Å². The minimum Gasteiger partial charge on any atom is -0.492 e. The molecule has 2 rings (SSSR count). The maximum absolute atomic E-state index is 5.71. The zero-order valence-electron chi connectivity index (χ0n) is 8.75. The van der Waals surface area contributed by atoms with Crippen molar-refractivity contribution in [3.8, 4) is 5.75 Å². The summed E-state index contributed by atoms with van der Waals surface area (Å²) in [4.78, 5) is 0. The Balaban J connectivity index is 2.29. The van der Waals surface area contributed by atoms with Gasteiger partial charge in [0.1, 0.15) is 5.75 Å². The van der Waals surface area contributed by atoms with Crippen molar-refractivity contribution in [2.24, 2.45) is 0 Å². The average molecular weight is 344 g/mol. The molecule has 16 heavy (non-hydrogen) atoms. The zero-order valence-corrected chi connectivity index (χ0v) is 11.9. The molecule has 0 radical (unpaired) electrons. The highest BCUT2D eigenvalue weighted by molar-refractivity contribution is 9.10. The van der Waals surface area contributed by atoms with Gasteiger partial charge in [0, 0.05) is 5.33 Å². The molecule has 2 aromatic rings. The molecule has 0 bridgehead atoms. The maximum atomic E-state index is 5.71. The molecule has 0 fully saturated rings. The van der Waals surface area contributed by atoms with Crippen LogP contribution in [0.25, 0.3) is 10.8 Å². The highest BCUT2D eigenvalue weighted by Gasteiger charge is 2.05. The van der Waals surface area contributed by atoms with Crippen LogP contribution in [0.15, 0.2) is 40.9 Å². The quantitative estimate of drug-likeness (QED) is 0.574. The molecule has 1 nitrogen and oxygen atoms in total. The van der Waals surface area contributed by atoms with Gasteiger partial charge in [0.15, 0.2) is 0 Å². The topological polar surface area (TPSA) is 9.23 Å². The zero-order chi connectivity index (χ0) is 11.4. The molecule has 0 aliphatic carbocycles. The average Bonchev–Trinajstić information content (AvgIpc) is 2.33. The van der Waals surface area contributed by atoms with Gasteiger partial charge in [-0.2, -0.15) is 0 Å². The van der Waals surface area contributed by atoms with Crippen molar-refractivity contribution in [3.63, 3.8) is 0 Å². The van der Waals surface area contributed by atoms with E-state index >= 15 is 0 Å². The van der Waals surface area contributed by atoms with Crippen molar-refractivity contribution in [2.45, 2.75) is 6.42 Å². The number of ether oxygens (including phenoxy) is 1. The number of alkyl halides is 1. The van der Waals surface area contributed by atoms with E-state index in [1.807, 2.05) is 18.2 Å². The molecule has 3 heteroatoms. The van der Waals surface area contributed by atoms with Crippen molar-refractivity contribution in [3.05, 3.63) is 40.9 Å². The van der Waals surface area contributed by atoms with Crippen LogP contribution in [0.4, 0.5) is 0 Å². The van der Waals surface area contributed by atoms with Gasteiger partial charge in [-0.3, -0.25) is 0 Å². The van der Waals surface area contributed by atoms with Gasteiger partial charge in [-0.1, -0.05) is 46.3 Å². The summed E-state index contributed by atoms with van der Waals surface area (Å²) in [5.74, 6) is 0.916. The van der Waals surface area contributed by atoms with Crippen LogP contribution in [0.3, 0.4) is 0 Å². The van der Waals surface area contributed by atoms with E-state index in [0.29, 0.717) is 0 Å². The van der Waals surface area contributed by atoms with Crippen LogP contribution in [-0.2, 0) is 0 Å². The number of hydrogen-bond donors (Lipinski definition) is 0. The molecule has 0 atom stereocenters. The van der Waals surface area contributed by atoms with Crippen molar-refractivity contribution in [2.75, 3.05) is 11.9 Å². The molecular weight excluding hydrogens is 332 g/mol. The predicted molar refractivity (Wildman–Crippen MR) is 75.6 cm³/mol. The lowest BCUT2D eigenvalue weighted by atomic mass is 10.1. The van der Waals surface area contributed by atoms with E-state index in [4.69, 9.17) is 4.74 Å². The minimum absolute atomic E-state index is 0.738. The Morgan fingerprint density at radius 2 is 1.88 bits per heavy atom. The summed E-state index contributed by atoms with van der Waals surface area (Å²) < 4.78 is 6.75. The van der Waals surface area contributed by atoms with Gasteiger partial charge in [0.2, 0.25) is 0 Å². The smallest absolute Gasteiger partial charge is 0.134 e. The molecule has 0 N–H and O–H groups in total. The Morgan fingerprint density at radius 3 is 2.69 bits per heavy atom. The first-order valence-electron chi connectivity index (χ1n) is 5.19. The molecule has 2 aromatic carbocycles. The second-order valence-electron chi connectivity index (χ2n) is 3.49. The van der Waals surface area contributed by atoms with E-state index in [1.54, 1.807) is 0 Å². The maximum Gasteiger partial charge on any atom is 0.134 e. The monoisotopic (exact) mass is 342 g/mol. The SMILES string of the molecule is BrCCCOc1ccc2ccccc2c1Br. The van der Waals surface area contributed by atoms with Gasteiger partial charge in [-0.25, -0.2) is 0 Å². The number of rotatable bonds is 4. The number of benzene rings is 2. The molecule has 0 spiro atoms. The largest absolute Gasteiger partial charge is 0.492 e. The normalized spacial score (nSPS) is 10.6. The molecule has 84 valence electrons. The molecule has 0 aliphatic heterocycles. The van der Waals surface area contributed by atoms with Gasteiger partial charge in [-0.15, -0.1) is 0 Å². The van der Waals surface area contributed by atoms with Gasteiger partial charge in [0.05, 0.1) is 11.1 Å². The highest BCUT2D eigenvalue weighted by atomic mass is 79.9. The lowest BCUT2D eigenvalue weighted by Gasteiger charge is -2.09. The van der Waals surface area contributed by atoms with Gasteiger partial charge >= 0.3 is 0 Å². The van der Waals surface area contributed by atoms with E-state index < -0.39 is 0 Å². The fourth-order valence-corrected chi connectivity index (χ4v) is 2.40. The molecule has 0 unspecified atom stereocenters. The van der Waals surface area contributed by atoms with E-state index in [0.717, 1.165) is 28.6 Å². The summed E-state index contributed by atoms with van der Waals surface area (Å²) in [6.07, 6.45) is 1.01. The Hall–Kier alpha value is -0.540. The third-order valence-electron chi connectivity index (χ3n) is 2.36.